The molecule has 1 amide bonds. The number of nitrogens with one attached hydrogen (secondary N) is 2. The first-order valence-electron chi connectivity index (χ1n) is 9.68. The van der Waals surface area contributed by atoms with E-state index in [1.54, 1.807) is 13.2 Å². The molecule has 3 rings (SSSR count). The van der Waals surface area contributed by atoms with E-state index in [1.807, 2.05) is 48.5 Å². The lowest BCUT2D eigenvalue weighted by atomic mass is 10.1. The molecule has 0 saturated heterocycles. The fourth-order valence-corrected chi connectivity index (χ4v) is 2.90. The number of hydrogen-bond donors (Lipinski definition) is 2. The van der Waals surface area contributed by atoms with Crippen LogP contribution in [0.3, 0.4) is 0 Å². The third-order valence-corrected chi connectivity index (χ3v) is 4.41. The summed E-state index contributed by atoms with van der Waals surface area (Å²) in [6.07, 6.45) is 1.97. The Kier molecular flexibility index (Phi) is 7.52. The molecule has 150 valence electrons. The van der Waals surface area contributed by atoms with Gasteiger partial charge < -0.3 is 20.1 Å². The number of hydrogen-bond acceptors (Lipinski definition) is 4. The molecule has 3 aromatic carbocycles. The van der Waals surface area contributed by atoms with Gasteiger partial charge in [0.1, 0.15) is 11.5 Å². The van der Waals surface area contributed by atoms with Crippen molar-refractivity contribution in [2.45, 2.75) is 12.8 Å². The van der Waals surface area contributed by atoms with Crippen LogP contribution in [0, 0.1) is 0 Å². The van der Waals surface area contributed by atoms with Crippen molar-refractivity contribution < 1.29 is 14.3 Å². The second-order valence-corrected chi connectivity index (χ2v) is 6.56. The number of ether oxygens (including phenoxy) is 2. The lowest BCUT2D eigenvalue weighted by molar-refractivity contribution is -0.114. The normalized spacial score (nSPS) is 10.2. The van der Waals surface area contributed by atoms with Crippen LogP contribution in [0.25, 0.3) is 0 Å². The van der Waals surface area contributed by atoms with Gasteiger partial charge in [-0.2, -0.15) is 0 Å². The number of carbonyl (C=O) groups is 1. The molecule has 0 aliphatic carbocycles. The van der Waals surface area contributed by atoms with E-state index < -0.39 is 0 Å². The van der Waals surface area contributed by atoms with E-state index in [0.29, 0.717) is 18.0 Å². The Hall–Kier alpha value is -3.47. The number of carbonyl (C=O) groups excluding carboxylic acids is 1. The summed E-state index contributed by atoms with van der Waals surface area (Å²) in [6.45, 7) is 0.832. The zero-order chi connectivity index (χ0) is 20.3. The third kappa shape index (κ3) is 6.57. The Labute approximate surface area is 171 Å². The lowest BCUT2D eigenvalue weighted by Crippen LogP contribution is -2.22. The summed E-state index contributed by atoms with van der Waals surface area (Å²) < 4.78 is 11.0. The lowest BCUT2D eigenvalue weighted by Gasteiger charge is -2.11. The van der Waals surface area contributed by atoms with Gasteiger partial charge in [0.25, 0.3) is 0 Å². The van der Waals surface area contributed by atoms with E-state index in [2.05, 4.69) is 34.9 Å². The van der Waals surface area contributed by atoms with Gasteiger partial charge >= 0.3 is 0 Å². The van der Waals surface area contributed by atoms with Crippen molar-refractivity contribution in [2.75, 3.05) is 30.9 Å². The van der Waals surface area contributed by atoms with Gasteiger partial charge in [0, 0.05) is 5.69 Å². The van der Waals surface area contributed by atoms with Crippen molar-refractivity contribution in [1.29, 1.82) is 0 Å². The second-order valence-electron chi connectivity index (χ2n) is 6.56. The molecule has 0 saturated carbocycles. The minimum atomic E-state index is -0.143. The van der Waals surface area contributed by atoms with Crippen molar-refractivity contribution >= 4 is 17.3 Å². The van der Waals surface area contributed by atoms with Gasteiger partial charge in [-0.15, -0.1) is 0 Å². The predicted octanol–water partition coefficient (Wildman–Crippen LogP) is 4.76. The molecule has 0 heterocycles. The first kappa shape index (κ1) is 20.3. The maximum Gasteiger partial charge on any atom is 0.243 e. The molecule has 5 heteroatoms. The Balaban J connectivity index is 1.39. The van der Waals surface area contributed by atoms with Crippen LogP contribution in [-0.4, -0.2) is 26.2 Å². The van der Waals surface area contributed by atoms with Gasteiger partial charge in [-0.05, 0) is 54.8 Å². The van der Waals surface area contributed by atoms with Gasteiger partial charge in [-0.25, -0.2) is 0 Å². The third-order valence-electron chi connectivity index (χ3n) is 4.41. The molecule has 0 aliphatic rings. The minimum Gasteiger partial charge on any atom is -0.495 e. The van der Waals surface area contributed by atoms with E-state index >= 15 is 0 Å². The molecule has 29 heavy (non-hydrogen) atoms. The molecule has 0 radical (unpaired) electrons. The summed E-state index contributed by atoms with van der Waals surface area (Å²) in [5.41, 5.74) is 2.83. The van der Waals surface area contributed by atoms with Crippen molar-refractivity contribution in [2.24, 2.45) is 0 Å². The van der Waals surface area contributed by atoms with Gasteiger partial charge in [0.2, 0.25) is 5.91 Å². The van der Waals surface area contributed by atoms with E-state index in [0.717, 1.165) is 24.3 Å². The molecular formula is C24H26N2O3. The van der Waals surface area contributed by atoms with Crippen LogP contribution < -0.4 is 20.1 Å². The molecule has 3 aromatic rings. The highest BCUT2D eigenvalue weighted by molar-refractivity contribution is 5.95. The molecule has 0 aliphatic heterocycles. The summed E-state index contributed by atoms with van der Waals surface area (Å²) in [7, 11) is 1.58. The summed E-state index contributed by atoms with van der Waals surface area (Å²) in [5, 5.41) is 5.95. The van der Waals surface area contributed by atoms with Crippen molar-refractivity contribution in [3.05, 3.63) is 84.4 Å². The first-order valence-corrected chi connectivity index (χ1v) is 9.68. The highest BCUT2D eigenvalue weighted by atomic mass is 16.5. The summed E-state index contributed by atoms with van der Waals surface area (Å²) in [5.74, 6) is 1.31. The Morgan fingerprint density at radius 2 is 1.62 bits per heavy atom. The quantitative estimate of drug-likeness (QED) is 0.490. The van der Waals surface area contributed by atoms with Crippen LogP contribution in [-0.2, 0) is 11.2 Å². The fraction of sp³-hybridized carbons (Fsp3) is 0.208. The number of benzene rings is 3. The molecule has 0 fully saturated rings. The van der Waals surface area contributed by atoms with Crippen LogP contribution in [0.2, 0.25) is 0 Å². The molecule has 0 spiro atoms. The first-order chi connectivity index (χ1) is 14.2. The number of anilines is 2. The molecule has 0 bridgehead atoms. The van der Waals surface area contributed by atoms with E-state index in [4.69, 9.17) is 9.47 Å². The standard InChI is InChI=1S/C24H26N2O3/c1-28-23-12-6-5-11-22(23)26-24(27)18-25-20-13-15-21(16-14-20)29-17-7-10-19-8-3-2-4-9-19/h2-6,8-9,11-16,25H,7,10,17-18H2,1H3,(H,26,27). The number of para-hydroxylation sites is 2. The topological polar surface area (TPSA) is 59.6 Å². The van der Waals surface area contributed by atoms with Gasteiger partial charge in [0.15, 0.2) is 0 Å². The maximum atomic E-state index is 12.2. The van der Waals surface area contributed by atoms with Crippen LogP contribution >= 0.6 is 0 Å². The Bertz CT molecular complexity index is 896. The average molecular weight is 390 g/mol. The SMILES string of the molecule is COc1ccccc1NC(=O)CNc1ccc(OCCCc2ccccc2)cc1. The molecular weight excluding hydrogens is 364 g/mol. The number of methoxy groups -OCH3 is 1. The summed E-state index contributed by atoms with van der Waals surface area (Å²) >= 11 is 0. The predicted molar refractivity (Wildman–Crippen MR) is 117 cm³/mol. The van der Waals surface area contributed by atoms with Gasteiger partial charge in [-0.1, -0.05) is 42.5 Å². The van der Waals surface area contributed by atoms with Gasteiger partial charge in [-0.3, -0.25) is 4.79 Å². The maximum absolute atomic E-state index is 12.2. The van der Waals surface area contributed by atoms with Crippen LogP contribution in [0.5, 0.6) is 11.5 Å². The minimum absolute atomic E-state index is 0.143. The van der Waals surface area contributed by atoms with Crippen LogP contribution in [0.15, 0.2) is 78.9 Å². The van der Waals surface area contributed by atoms with E-state index in [9.17, 15) is 4.79 Å². The average Bonchev–Trinajstić information content (AvgIpc) is 2.77. The van der Waals surface area contributed by atoms with Crippen molar-refractivity contribution in [1.82, 2.24) is 0 Å². The second kappa shape index (κ2) is 10.8. The number of amides is 1. The smallest absolute Gasteiger partial charge is 0.243 e. The van der Waals surface area contributed by atoms with Crippen molar-refractivity contribution in [3.63, 3.8) is 0 Å². The van der Waals surface area contributed by atoms with Crippen molar-refractivity contribution in [3.8, 4) is 11.5 Å². The molecule has 0 unspecified atom stereocenters. The zero-order valence-electron chi connectivity index (χ0n) is 16.6. The molecule has 0 atom stereocenters. The van der Waals surface area contributed by atoms with Crippen LogP contribution in [0.4, 0.5) is 11.4 Å². The highest BCUT2D eigenvalue weighted by Crippen LogP contribution is 2.23. The zero-order valence-corrected chi connectivity index (χ0v) is 16.6. The fourth-order valence-electron chi connectivity index (χ4n) is 2.90. The molecule has 0 aromatic heterocycles. The number of rotatable bonds is 10. The van der Waals surface area contributed by atoms with Gasteiger partial charge in [0.05, 0.1) is 25.9 Å². The van der Waals surface area contributed by atoms with Crippen LogP contribution in [0.1, 0.15) is 12.0 Å². The Morgan fingerprint density at radius 3 is 2.38 bits per heavy atom. The van der Waals surface area contributed by atoms with E-state index in [1.165, 1.54) is 5.56 Å². The molecule has 2 N–H and O–H groups in total. The molecule has 5 nitrogen and oxygen atoms in total. The summed E-state index contributed by atoms with van der Waals surface area (Å²) in [6, 6.07) is 25.3. The Morgan fingerprint density at radius 1 is 0.897 bits per heavy atom. The largest absolute Gasteiger partial charge is 0.495 e. The summed E-state index contributed by atoms with van der Waals surface area (Å²) in [4.78, 5) is 12.2. The van der Waals surface area contributed by atoms with E-state index in [-0.39, 0.29) is 12.5 Å². The monoisotopic (exact) mass is 390 g/mol. The highest BCUT2D eigenvalue weighted by Gasteiger charge is 2.06. The number of aryl methyl sites for hydroxylation is 1.